The van der Waals surface area contributed by atoms with Crippen LogP contribution < -0.4 is 10.2 Å². The van der Waals surface area contributed by atoms with E-state index in [1.54, 1.807) is 26.3 Å². The molecule has 0 aromatic carbocycles. The average molecular weight is 467 g/mol. The molecular weight excluding hydrogens is 432 g/mol. The Hall–Kier alpha value is -2.67. The maximum atomic E-state index is 13.0. The first kappa shape index (κ1) is 23.1. The molecule has 0 saturated heterocycles. The lowest BCUT2D eigenvalue weighted by atomic mass is 9.78. The van der Waals surface area contributed by atoms with Crippen LogP contribution in [0.25, 0.3) is 11.4 Å². The zero-order chi connectivity index (χ0) is 24.0. The van der Waals surface area contributed by atoms with E-state index in [-0.39, 0.29) is 35.0 Å². The molecule has 2 saturated carbocycles. The number of ether oxygens (including phenoxy) is 3. The third-order valence-corrected chi connectivity index (χ3v) is 7.56. The lowest BCUT2D eigenvalue weighted by molar-refractivity contribution is 0.0523. The van der Waals surface area contributed by atoms with E-state index in [0.717, 1.165) is 60.5 Å². The number of hydrogen-bond acceptors (Lipinski definition) is 6. The van der Waals surface area contributed by atoms with E-state index in [0.29, 0.717) is 19.1 Å². The van der Waals surface area contributed by atoms with Crippen LogP contribution in [0.2, 0.25) is 0 Å². The monoisotopic (exact) mass is 466 g/mol. The first-order valence-corrected chi connectivity index (χ1v) is 12.5. The summed E-state index contributed by atoms with van der Waals surface area (Å²) < 4.78 is 18.7. The smallest absolute Gasteiger partial charge is 0.343 e. The molecule has 2 fully saturated rings. The Morgan fingerprint density at radius 3 is 2.71 bits per heavy atom. The van der Waals surface area contributed by atoms with Crippen LogP contribution in [0.5, 0.6) is 5.75 Å². The molecule has 2 aromatic heterocycles. The summed E-state index contributed by atoms with van der Waals surface area (Å²) in [4.78, 5) is 30.7. The molecule has 7 heteroatoms. The Balaban J connectivity index is 1.65. The van der Waals surface area contributed by atoms with Crippen LogP contribution in [0.15, 0.2) is 23.1 Å². The molecule has 182 valence electrons. The van der Waals surface area contributed by atoms with Crippen LogP contribution in [-0.2, 0) is 9.47 Å². The Kier molecular flexibility index (Phi) is 6.00. The van der Waals surface area contributed by atoms with Crippen LogP contribution in [0, 0.1) is 5.41 Å². The van der Waals surface area contributed by atoms with Crippen molar-refractivity contribution in [2.24, 2.45) is 5.41 Å². The zero-order valence-corrected chi connectivity index (χ0v) is 20.6. The number of methoxy groups -OCH3 is 1. The summed E-state index contributed by atoms with van der Waals surface area (Å²) in [6.07, 6.45) is 6.83. The molecule has 7 nitrogen and oxygen atoms in total. The molecule has 0 amide bonds. The molecule has 0 spiro atoms. The van der Waals surface area contributed by atoms with Crippen molar-refractivity contribution in [3.05, 3.63) is 45.4 Å². The molecule has 1 aliphatic heterocycles. The number of carbonyl (C=O) groups excluding carboxylic acids is 1. The van der Waals surface area contributed by atoms with Gasteiger partial charge in [-0.2, -0.15) is 0 Å². The van der Waals surface area contributed by atoms with Crippen molar-refractivity contribution in [3.63, 3.8) is 0 Å². The SMILES string of the molecule is CCOC(=O)c1cn2c(cc1=O)-c1nc(C3CC3)c(OCCCOC)cc1C1CCC(C)(C)C12. The van der Waals surface area contributed by atoms with Crippen LogP contribution in [-0.4, -0.2) is 42.5 Å². The predicted octanol–water partition coefficient (Wildman–Crippen LogP) is 4.84. The summed E-state index contributed by atoms with van der Waals surface area (Å²) in [5.74, 6) is 0.962. The molecule has 2 atom stereocenters. The van der Waals surface area contributed by atoms with Gasteiger partial charge in [0, 0.05) is 50.3 Å². The van der Waals surface area contributed by atoms with Gasteiger partial charge >= 0.3 is 5.97 Å². The second-order valence-corrected chi connectivity index (χ2v) is 10.4. The molecule has 34 heavy (non-hydrogen) atoms. The van der Waals surface area contributed by atoms with Crippen LogP contribution in [0.1, 0.15) is 92.4 Å². The second-order valence-electron chi connectivity index (χ2n) is 10.4. The normalized spacial score (nSPS) is 22.0. The van der Waals surface area contributed by atoms with E-state index in [2.05, 4.69) is 24.5 Å². The quantitative estimate of drug-likeness (QED) is 0.409. The van der Waals surface area contributed by atoms with Gasteiger partial charge in [0.05, 0.1) is 30.3 Å². The highest BCUT2D eigenvalue weighted by Gasteiger charge is 2.48. The van der Waals surface area contributed by atoms with E-state index in [4.69, 9.17) is 19.2 Å². The van der Waals surface area contributed by atoms with Gasteiger partial charge in [-0.15, -0.1) is 0 Å². The van der Waals surface area contributed by atoms with E-state index in [9.17, 15) is 9.59 Å². The summed E-state index contributed by atoms with van der Waals surface area (Å²) in [5.41, 5.74) is 3.57. The molecule has 3 heterocycles. The molecule has 2 aliphatic carbocycles. The lowest BCUT2D eigenvalue weighted by Crippen LogP contribution is -2.33. The highest BCUT2D eigenvalue weighted by Crippen LogP contribution is 2.59. The van der Waals surface area contributed by atoms with E-state index < -0.39 is 5.97 Å². The van der Waals surface area contributed by atoms with Gasteiger partial charge in [-0.3, -0.25) is 4.79 Å². The van der Waals surface area contributed by atoms with E-state index in [1.807, 2.05) is 0 Å². The fourth-order valence-corrected chi connectivity index (χ4v) is 5.77. The van der Waals surface area contributed by atoms with Crippen LogP contribution in [0.3, 0.4) is 0 Å². The zero-order valence-electron chi connectivity index (χ0n) is 20.6. The van der Waals surface area contributed by atoms with Gasteiger partial charge in [0.1, 0.15) is 11.3 Å². The van der Waals surface area contributed by atoms with Gasteiger partial charge in [-0.25, -0.2) is 9.78 Å². The Bertz CT molecular complexity index is 1160. The number of hydrogen-bond donors (Lipinski definition) is 0. The van der Waals surface area contributed by atoms with E-state index in [1.165, 1.54) is 0 Å². The van der Waals surface area contributed by atoms with Crippen LogP contribution in [0.4, 0.5) is 0 Å². The summed E-state index contributed by atoms with van der Waals surface area (Å²) in [6, 6.07) is 3.90. The number of pyridine rings is 2. The molecule has 5 rings (SSSR count). The summed E-state index contributed by atoms with van der Waals surface area (Å²) in [7, 11) is 1.70. The third kappa shape index (κ3) is 3.94. The lowest BCUT2D eigenvalue weighted by Gasteiger charge is -2.39. The number of fused-ring (bicyclic) bond motifs is 6. The summed E-state index contributed by atoms with van der Waals surface area (Å²) in [6.45, 7) is 7.77. The van der Waals surface area contributed by atoms with Crippen molar-refractivity contribution in [1.82, 2.24) is 9.55 Å². The molecular formula is C27H34N2O5. The maximum Gasteiger partial charge on any atom is 0.343 e. The molecule has 2 aromatic rings. The molecule has 0 radical (unpaired) electrons. The summed E-state index contributed by atoms with van der Waals surface area (Å²) in [5, 5.41) is 0. The highest BCUT2D eigenvalue weighted by atomic mass is 16.5. The standard InChI is InChI=1S/C27H34N2O5/c1-5-33-26(31)19-15-29-20(14-21(19)30)24-18(17-9-10-27(2,3)25(17)29)13-22(34-12-6-11-32-4)23(28-24)16-7-8-16/h13-17,25H,5-12H2,1-4H3. The minimum atomic E-state index is -0.563. The van der Waals surface area contributed by atoms with Gasteiger partial charge in [0.15, 0.2) is 5.43 Å². The van der Waals surface area contributed by atoms with Crippen molar-refractivity contribution >= 4 is 5.97 Å². The van der Waals surface area contributed by atoms with Gasteiger partial charge in [0.25, 0.3) is 0 Å². The minimum absolute atomic E-state index is 0.00670. The molecule has 3 aliphatic rings. The first-order chi connectivity index (χ1) is 16.4. The fraction of sp³-hybridized carbons (Fsp3) is 0.593. The minimum Gasteiger partial charge on any atom is -0.492 e. The molecule has 2 unspecified atom stereocenters. The summed E-state index contributed by atoms with van der Waals surface area (Å²) >= 11 is 0. The molecule has 0 N–H and O–H groups in total. The van der Waals surface area contributed by atoms with Crippen molar-refractivity contribution in [2.75, 3.05) is 26.9 Å². The number of rotatable bonds is 8. The third-order valence-electron chi connectivity index (χ3n) is 7.56. The van der Waals surface area contributed by atoms with Gasteiger partial charge in [-0.05, 0) is 49.7 Å². The molecule has 0 bridgehead atoms. The number of nitrogens with zero attached hydrogens (tertiary/aromatic N) is 2. The van der Waals surface area contributed by atoms with Crippen molar-refractivity contribution < 1.29 is 19.0 Å². The largest absolute Gasteiger partial charge is 0.492 e. The topological polar surface area (TPSA) is 79.7 Å². The Labute approximate surface area is 200 Å². The maximum absolute atomic E-state index is 13.0. The van der Waals surface area contributed by atoms with E-state index >= 15 is 0 Å². The fourth-order valence-electron chi connectivity index (χ4n) is 5.77. The van der Waals surface area contributed by atoms with Crippen molar-refractivity contribution in [1.29, 1.82) is 0 Å². The van der Waals surface area contributed by atoms with Crippen molar-refractivity contribution in [3.8, 4) is 17.1 Å². The van der Waals surface area contributed by atoms with Gasteiger partial charge in [0.2, 0.25) is 0 Å². The average Bonchev–Trinajstić information content (AvgIpc) is 3.60. The number of carbonyl (C=O) groups is 1. The Morgan fingerprint density at radius 2 is 2.00 bits per heavy atom. The number of esters is 1. The Morgan fingerprint density at radius 1 is 1.21 bits per heavy atom. The van der Waals surface area contributed by atoms with Crippen LogP contribution >= 0.6 is 0 Å². The number of aromatic nitrogens is 2. The predicted molar refractivity (Wildman–Crippen MR) is 129 cm³/mol. The second kappa shape index (κ2) is 8.84. The first-order valence-electron chi connectivity index (χ1n) is 12.5. The van der Waals surface area contributed by atoms with Crippen molar-refractivity contribution in [2.45, 2.75) is 70.8 Å². The highest BCUT2D eigenvalue weighted by molar-refractivity contribution is 5.89. The van der Waals surface area contributed by atoms with Gasteiger partial charge in [-0.1, -0.05) is 13.8 Å². The van der Waals surface area contributed by atoms with Gasteiger partial charge < -0.3 is 18.8 Å².